The van der Waals surface area contributed by atoms with Gasteiger partial charge in [0.05, 0.1) is 6.10 Å². The zero-order valence-electron chi connectivity index (χ0n) is 15.9. The number of guanidine groups is 1. The molecular weight excluding hydrogens is 304 g/mol. The Morgan fingerprint density at radius 3 is 2.58 bits per heavy atom. The highest BCUT2D eigenvalue weighted by Crippen LogP contribution is 2.18. The fourth-order valence-corrected chi connectivity index (χ4v) is 2.46. The number of hydrogen-bond donors (Lipinski definition) is 3. The number of amides is 1. The van der Waals surface area contributed by atoms with Crippen molar-refractivity contribution in [2.45, 2.75) is 71.9 Å². The molecule has 140 valence electrons. The molecule has 0 aliphatic heterocycles. The van der Waals surface area contributed by atoms with E-state index in [1.165, 1.54) is 0 Å². The molecule has 0 aromatic heterocycles. The molecule has 0 saturated heterocycles. The Morgan fingerprint density at radius 2 is 2.00 bits per heavy atom. The van der Waals surface area contributed by atoms with Gasteiger partial charge in [-0.15, -0.1) is 0 Å². The zero-order valence-corrected chi connectivity index (χ0v) is 15.9. The predicted octanol–water partition coefficient (Wildman–Crippen LogP) is 2.05. The second-order valence-corrected chi connectivity index (χ2v) is 6.66. The SMILES string of the molecule is CCNC(=NCCCC(=O)NC1CC1)NCCC(OCC)C(C)C. The number of carbonyl (C=O) groups is 1. The normalized spacial score (nSPS) is 16.1. The van der Waals surface area contributed by atoms with Crippen molar-refractivity contribution in [3.05, 3.63) is 0 Å². The predicted molar refractivity (Wildman–Crippen MR) is 99.2 cm³/mol. The minimum absolute atomic E-state index is 0.155. The first kappa shape index (κ1) is 20.7. The standard InChI is InChI=1S/C18H36N4O2/c1-5-19-18(21-13-11-16(14(3)4)24-6-2)20-12-7-8-17(23)22-15-9-10-15/h14-16H,5-13H2,1-4H3,(H,22,23)(H2,19,20,21). The Balaban J connectivity index is 2.23. The van der Waals surface area contributed by atoms with Crippen molar-refractivity contribution < 1.29 is 9.53 Å². The van der Waals surface area contributed by atoms with Gasteiger partial charge in [0.25, 0.3) is 0 Å². The Hall–Kier alpha value is -1.30. The molecule has 0 aromatic rings. The summed E-state index contributed by atoms with van der Waals surface area (Å²) < 4.78 is 5.76. The summed E-state index contributed by atoms with van der Waals surface area (Å²) in [4.78, 5) is 16.2. The molecule has 0 radical (unpaired) electrons. The Morgan fingerprint density at radius 1 is 1.25 bits per heavy atom. The number of hydrogen-bond acceptors (Lipinski definition) is 3. The molecule has 1 amide bonds. The fourth-order valence-electron chi connectivity index (χ4n) is 2.46. The van der Waals surface area contributed by atoms with Gasteiger partial charge < -0.3 is 20.7 Å². The van der Waals surface area contributed by atoms with Crippen LogP contribution in [0, 0.1) is 5.92 Å². The summed E-state index contributed by atoms with van der Waals surface area (Å²) in [6, 6.07) is 0.444. The molecule has 24 heavy (non-hydrogen) atoms. The van der Waals surface area contributed by atoms with Crippen LogP contribution in [-0.2, 0) is 9.53 Å². The average molecular weight is 341 g/mol. The molecule has 1 rings (SSSR count). The van der Waals surface area contributed by atoms with Gasteiger partial charge in [0.1, 0.15) is 0 Å². The summed E-state index contributed by atoms with van der Waals surface area (Å²) in [5.74, 6) is 1.48. The summed E-state index contributed by atoms with van der Waals surface area (Å²) in [6.07, 6.45) is 4.84. The third kappa shape index (κ3) is 9.75. The van der Waals surface area contributed by atoms with E-state index in [0.29, 0.717) is 24.9 Å². The van der Waals surface area contributed by atoms with Gasteiger partial charge in [-0.25, -0.2) is 0 Å². The number of ether oxygens (including phenoxy) is 1. The molecule has 0 heterocycles. The maximum atomic E-state index is 11.6. The molecule has 1 saturated carbocycles. The Labute approximate surface area is 147 Å². The second kappa shape index (κ2) is 12.1. The Kier molecular flexibility index (Phi) is 10.5. The van der Waals surface area contributed by atoms with E-state index in [-0.39, 0.29) is 12.0 Å². The highest BCUT2D eigenvalue weighted by atomic mass is 16.5. The third-order valence-corrected chi connectivity index (χ3v) is 3.96. The highest BCUT2D eigenvalue weighted by molar-refractivity contribution is 5.79. The summed E-state index contributed by atoms with van der Waals surface area (Å²) in [6.45, 7) is 11.5. The van der Waals surface area contributed by atoms with Crippen LogP contribution in [0.2, 0.25) is 0 Å². The summed E-state index contributed by atoms with van der Waals surface area (Å²) in [5.41, 5.74) is 0. The van der Waals surface area contributed by atoms with Crippen molar-refractivity contribution in [1.82, 2.24) is 16.0 Å². The lowest BCUT2D eigenvalue weighted by Gasteiger charge is -2.21. The monoisotopic (exact) mass is 340 g/mol. The molecule has 1 unspecified atom stereocenters. The summed E-state index contributed by atoms with van der Waals surface area (Å²) in [7, 11) is 0. The van der Waals surface area contributed by atoms with Gasteiger partial charge >= 0.3 is 0 Å². The average Bonchev–Trinajstić information content (AvgIpc) is 3.34. The van der Waals surface area contributed by atoms with Crippen LogP contribution >= 0.6 is 0 Å². The van der Waals surface area contributed by atoms with Crippen LogP contribution in [0.5, 0.6) is 0 Å². The van der Waals surface area contributed by atoms with Crippen molar-refractivity contribution in [3.63, 3.8) is 0 Å². The van der Waals surface area contributed by atoms with Gasteiger partial charge in [0.2, 0.25) is 5.91 Å². The van der Waals surface area contributed by atoms with Gasteiger partial charge in [-0.2, -0.15) is 0 Å². The minimum atomic E-state index is 0.155. The summed E-state index contributed by atoms with van der Waals surface area (Å²) in [5, 5.41) is 9.60. The lowest BCUT2D eigenvalue weighted by molar-refractivity contribution is -0.121. The lowest BCUT2D eigenvalue weighted by Crippen LogP contribution is -2.39. The topological polar surface area (TPSA) is 74.8 Å². The number of rotatable bonds is 12. The van der Waals surface area contributed by atoms with Crippen molar-refractivity contribution in [2.75, 3.05) is 26.2 Å². The molecular formula is C18H36N4O2. The van der Waals surface area contributed by atoms with Crippen LogP contribution in [0.25, 0.3) is 0 Å². The molecule has 1 fully saturated rings. The first-order valence-electron chi connectivity index (χ1n) is 9.49. The molecule has 6 heteroatoms. The first-order valence-corrected chi connectivity index (χ1v) is 9.49. The quantitative estimate of drug-likeness (QED) is 0.289. The lowest BCUT2D eigenvalue weighted by atomic mass is 10.0. The van der Waals surface area contributed by atoms with Crippen LogP contribution in [0.3, 0.4) is 0 Å². The van der Waals surface area contributed by atoms with E-state index in [0.717, 1.165) is 51.3 Å². The maximum absolute atomic E-state index is 11.6. The first-order chi connectivity index (χ1) is 11.6. The van der Waals surface area contributed by atoms with Gasteiger partial charge in [-0.1, -0.05) is 13.8 Å². The number of nitrogens with one attached hydrogen (secondary N) is 3. The number of carbonyl (C=O) groups excluding carboxylic acids is 1. The largest absolute Gasteiger partial charge is 0.378 e. The van der Waals surface area contributed by atoms with Crippen LogP contribution in [0.4, 0.5) is 0 Å². The van der Waals surface area contributed by atoms with Gasteiger partial charge in [-0.3, -0.25) is 9.79 Å². The fraction of sp³-hybridized carbons (Fsp3) is 0.889. The molecule has 1 aliphatic rings. The van der Waals surface area contributed by atoms with E-state index in [1.807, 2.05) is 6.92 Å². The van der Waals surface area contributed by atoms with Crippen LogP contribution in [0.15, 0.2) is 4.99 Å². The smallest absolute Gasteiger partial charge is 0.220 e. The van der Waals surface area contributed by atoms with E-state index in [9.17, 15) is 4.79 Å². The van der Waals surface area contributed by atoms with Gasteiger partial charge in [-0.05, 0) is 45.4 Å². The van der Waals surface area contributed by atoms with E-state index >= 15 is 0 Å². The van der Waals surface area contributed by atoms with Crippen LogP contribution in [-0.4, -0.2) is 50.3 Å². The van der Waals surface area contributed by atoms with Crippen LogP contribution < -0.4 is 16.0 Å². The summed E-state index contributed by atoms with van der Waals surface area (Å²) >= 11 is 0. The molecule has 1 atom stereocenters. The van der Waals surface area contributed by atoms with Gasteiger partial charge in [0, 0.05) is 38.7 Å². The number of nitrogens with zero attached hydrogens (tertiary/aromatic N) is 1. The number of aliphatic imine (C=N–C) groups is 1. The molecule has 0 aromatic carbocycles. The van der Waals surface area contributed by atoms with Gasteiger partial charge in [0.15, 0.2) is 5.96 Å². The zero-order chi connectivity index (χ0) is 17.8. The Bertz CT molecular complexity index is 381. The van der Waals surface area contributed by atoms with Crippen molar-refractivity contribution >= 4 is 11.9 Å². The van der Waals surface area contributed by atoms with E-state index < -0.39 is 0 Å². The molecule has 0 spiro atoms. The van der Waals surface area contributed by atoms with Crippen LogP contribution in [0.1, 0.15) is 59.8 Å². The molecule has 1 aliphatic carbocycles. The van der Waals surface area contributed by atoms with E-state index in [1.54, 1.807) is 0 Å². The van der Waals surface area contributed by atoms with E-state index in [2.05, 4.69) is 41.7 Å². The highest BCUT2D eigenvalue weighted by Gasteiger charge is 2.22. The third-order valence-electron chi connectivity index (χ3n) is 3.96. The molecule has 3 N–H and O–H groups in total. The second-order valence-electron chi connectivity index (χ2n) is 6.66. The van der Waals surface area contributed by atoms with E-state index in [4.69, 9.17) is 4.74 Å². The van der Waals surface area contributed by atoms with Crippen molar-refractivity contribution in [1.29, 1.82) is 0 Å². The molecule has 6 nitrogen and oxygen atoms in total. The van der Waals surface area contributed by atoms with Crippen molar-refractivity contribution in [3.8, 4) is 0 Å². The maximum Gasteiger partial charge on any atom is 0.220 e. The molecule has 0 bridgehead atoms. The van der Waals surface area contributed by atoms with Crippen molar-refractivity contribution in [2.24, 2.45) is 10.9 Å². The minimum Gasteiger partial charge on any atom is -0.378 e.